The molecule has 7 nitrogen and oxygen atoms in total. The van der Waals surface area contributed by atoms with E-state index < -0.39 is 0 Å². The molecule has 2 aliphatic heterocycles. The molecule has 0 unspecified atom stereocenters. The number of hydrogen-bond acceptors (Lipinski definition) is 5. The van der Waals surface area contributed by atoms with E-state index in [1.54, 1.807) is 29.0 Å². The van der Waals surface area contributed by atoms with Gasteiger partial charge in [-0.15, -0.1) is 0 Å². The van der Waals surface area contributed by atoms with Crippen LogP contribution in [0.1, 0.15) is 28.9 Å². The highest BCUT2D eigenvalue weighted by molar-refractivity contribution is 5.94. The molecule has 2 aliphatic rings. The topological polar surface area (TPSA) is 86.5 Å². The quantitative estimate of drug-likeness (QED) is 0.749. The lowest BCUT2D eigenvalue weighted by molar-refractivity contribution is -0.167. The number of morpholine rings is 1. The minimum absolute atomic E-state index is 0.00205. The van der Waals surface area contributed by atoms with Gasteiger partial charge in [0.25, 0.3) is 5.91 Å². The number of piperidine rings is 1. The lowest BCUT2D eigenvalue weighted by Gasteiger charge is -2.46. The van der Waals surface area contributed by atoms with Gasteiger partial charge in [-0.05, 0) is 25.0 Å². The van der Waals surface area contributed by atoms with Crippen molar-refractivity contribution in [3.8, 4) is 6.07 Å². The molecule has 0 aliphatic carbocycles. The van der Waals surface area contributed by atoms with E-state index in [0.717, 1.165) is 0 Å². The van der Waals surface area contributed by atoms with Crippen molar-refractivity contribution in [3.05, 3.63) is 29.6 Å². The SMILES string of the molecule is CN1CC2(CCN(C(=O)c3ccc(C#N)nc3)CC2)OCC1=O. The maximum Gasteiger partial charge on any atom is 0.255 e. The third kappa shape index (κ3) is 3.03. The Morgan fingerprint density at radius 2 is 2.13 bits per heavy atom. The zero-order valence-corrected chi connectivity index (χ0v) is 13.0. The summed E-state index contributed by atoms with van der Waals surface area (Å²) in [4.78, 5) is 31.4. The van der Waals surface area contributed by atoms with Crippen LogP contribution in [-0.4, -0.2) is 65.5 Å². The maximum absolute atomic E-state index is 12.5. The van der Waals surface area contributed by atoms with Gasteiger partial charge in [0.2, 0.25) is 5.91 Å². The predicted octanol–water partition coefficient (Wildman–Crippen LogP) is 0.417. The molecule has 2 saturated heterocycles. The molecule has 1 aromatic rings. The van der Waals surface area contributed by atoms with E-state index >= 15 is 0 Å². The van der Waals surface area contributed by atoms with Gasteiger partial charge in [-0.2, -0.15) is 5.26 Å². The number of amides is 2. The Kier molecular flexibility index (Phi) is 4.01. The molecule has 0 aromatic carbocycles. The second kappa shape index (κ2) is 5.97. The van der Waals surface area contributed by atoms with Crippen LogP contribution < -0.4 is 0 Å². The molecule has 2 fully saturated rings. The number of nitrogens with zero attached hydrogens (tertiary/aromatic N) is 4. The Bertz CT molecular complexity index is 657. The second-order valence-electron chi connectivity index (χ2n) is 6.06. The van der Waals surface area contributed by atoms with E-state index in [9.17, 15) is 9.59 Å². The number of rotatable bonds is 1. The third-order valence-corrected chi connectivity index (χ3v) is 4.54. The average molecular weight is 314 g/mol. The Hall–Kier alpha value is -2.46. The number of hydrogen-bond donors (Lipinski definition) is 0. The van der Waals surface area contributed by atoms with Crippen molar-refractivity contribution in [2.24, 2.45) is 0 Å². The lowest BCUT2D eigenvalue weighted by Crippen LogP contribution is -2.58. The molecule has 3 heterocycles. The van der Waals surface area contributed by atoms with E-state index in [1.807, 2.05) is 6.07 Å². The van der Waals surface area contributed by atoms with Crippen LogP contribution in [0.4, 0.5) is 0 Å². The van der Waals surface area contributed by atoms with E-state index in [4.69, 9.17) is 10.00 Å². The summed E-state index contributed by atoms with van der Waals surface area (Å²) in [7, 11) is 1.78. The Morgan fingerprint density at radius 3 is 2.70 bits per heavy atom. The predicted molar refractivity (Wildman–Crippen MR) is 80.4 cm³/mol. The summed E-state index contributed by atoms with van der Waals surface area (Å²) in [5.74, 6) is -0.0881. The molecule has 7 heteroatoms. The van der Waals surface area contributed by atoms with Crippen LogP contribution in [0.5, 0.6) is 0 Å². The number of ether oxygens (including phenoxy) is 1. The van der Waals surface area contributed by atoms with Crippen LogP contribution in [0.25, 0.3) is 0 Å². The molecule has 0 N–H and O–H groups in total. The molecule has 0 radical (unpaired) electrons. The summed E-state index contributed by atoms with van der Waals surface area (Å²) in [5, 5.41) is 8.75. The molecule has 23 heavy (non-hydrogen) atoms. The highest BCUT2D eigenvalue weighted by Crippen LogP contribution is 2.30. The van der Waals surface area contributed by atoms with Gasteiger partial charge >= 0.3 is 0 Å². The summed E-state index contributed by atoms with van der Waals surface area (Å²) < 4.78 is 5.78. The van der Waals surface area contributed by atoms with E-state index in [1.165, 1.54) is 6.20 Å². The minimum Gasteiger partial charge on any atom is -0.363 e. The molecule has 0 saturated carbocycles. The Morgan fingerprint density at radius 1 is 1.39 bits per heavy atom. The van der Waals surface area contributed by atoms with Crippen molar-refractivity contribution in [2.45, 2.75) is 18.4 Å². The standard InChI is InChI=1S/C16H18N4O3/c1-19-11-16(23-10-14(19)21)4-6-20(7-5-16)15(22)12-2-3-13(8-17)18-9-12/h2-3,9H,4-7,10-11H2,1H3. The molecule has 1 aromatic heterocycles. The fourth-order valence-corrected chi connectivity index (χ4v) is 3.08. The van der Waals surface area contributed by atoms with Crippen LogP contribution in [0.2, 0.25) is 0 Å². The fourth-order valence-electron chi connectivity index (χ4n) is 3.08. The number of pyridine rings is 1. The van der Waals surface area contributed by atoms with Crippen molar-refractivity contribution in [1.29, 1.82) is 5.26 Å². The molecule has 2 amide bonds. The molecule has 1 spiro atoms. The van der Waals surface area contributed by atoms with Gasteiger partial charge in [-0.25, -0.2) is 4.98 Å². The highest BCUT2D eigenvalue weighted by Gasteiger charge is 2.42. The first-order chi connectivity index (χ1) is 11.0. The van der Waals surface area contributed by atoms with Crippen molar-refractivity contribution >= 4 is 11.8 Å². The van der Waals surface area contributed by atoms with Crippen molar-refractivity contribution in [2.75, 3.05) is 33.3 Å². The van der Waals surface area contributed by atoms with Crippen LogP contribution in [0.3, 0.4) is 0 Å². The normalized spacial score (nSPS) is 20.4. The van der Waals surface area contributed by atoms with E-state index in [-0.39, 0.29) is 24.0 Å². The first-order valence-corrected chi connectivity index (χ1v) is 7.56. The Labute approximate surface area is 134 Å². The summed E-state index contributed by atoms with van der Waals surface area (Å²) in [5.41, 5.74) is 0.446. The number of likely N-dealkylation sites (tertiary alicyclic amines) is 1. The molecule has 0 bridgehead atoms. The van der Waals surface area contributed by atoms with Crippen LogP contribution in [-0.2, 0) is 9.53 Å². The third-order valence-electron chi connectivity index (χ3n) is 4.54. The Balaban J connectivity index is 1.63. The van der Waals surface area contributed by atoms with Gasteiger partial charge in [0.05, 0.1) is 11.2 Å². The lowest BCUT2D eigenvalue weighted by atomic mass is 9.89. The number of carbonyl (C=O) groups is 2. The van der Waals surface area contributed by atoms with E-state index in [0.29, 0.717) is 43.7 Å². The van der Waals surface area contributed by atoms with Gasteiger partial charge in [-0.3, -0.25) is 9.59 Å². The van der Waals surface area contributed by atoms with Gasteiger partial charge in [0.15, 0.2) is 0 Å². The summed E-state index contributed by atoms with van der Waals surface area (Å²) in [6.07, 6.45) is 2.86. The van der Waals surface area contributed by atoms with Crippen molar-refractivity contribution in [3.63, 3.8) is 0 Å². The highest BCUT2D eigenvalue weighted by atomic mass is 16.5. The van der Waals surface area contributed by atoms with E-state index in [2.05, 4.69) is 4.98 Å². The minimum atomic E-state index is -0.331. The average Bonchev–Trinajstić information content (AvgIpc) is 2.59. The van der Waals surface area contributed by atoms with Gasteiger partial charge < -0.3 is 14.5 Å². The molecule has 0 atom stereocenters. The molecular formula is C16H18N4O3. The van der Waals surface area contributed by atoms with Crippen molar-refractivity contribution < 1.29 is 14.3 Å². The first kappa shape index (κ1) is 15.4. The maximum atomic E-state index is 12.5. The first-order valence-electron chi connectivity index (χ1n) is 7.56. The number of aromatic nitrogens is 1. The molecule has 3 rings (SSSR count). The summed E-state index contributed by atoms with van der Waals surface area (Å²) >= 11 is 0. The van der Waals surface area contributed by atoms with Gasteiger partial charge in [-0.1, -0.05) is 0 Å². The van der Waals surface area contributed by atoms with Crippen LogP contribution in [0, 0.1) is 11.3 Å². The molecular weight excluding hydrogens is 296 g/mol. The second-order valence-corrected chi connectivity index (χ2v) is 6.06. The van der Waals surface area contributed by atoms with Crippen molar-refractivity contribution in [1.82, 2.24) is 14.8 Å². The largest absolute Gasteiger partial charge is 0.363 e. The zero-order valence-electron chi connectivity index (χ0n) is 13.0. The number of nitriles is 1. The smallest absolute Gasteiger partial charge is 0.255 e. The van der Waals surface area contributed by atoms with Crippen LogP contribution in [0.15, 0.2) is 18.3 Å². The number of likely N-dealkylation sites (N-methyl/N-ethyl adjacent to an activating group) is 1. The van der Waals surface area contributed by atoms with Crippen LogP contribution >= 0.6 is 0 Å². The summed E-state index contributed by atoms with van der Waals surface area (Å²) in [6, 6.07) is 5.11. The zero-order chi connectivity index (χ0) is 16.4. The summed E-state index contributed by atoms with van der Waals surface area (Å²) in [6.45, 7) is 1.86. The monoisotopic (exact) mass is 314 g/mol. The van der Waals surface area contributed by atoms with Gasteiger partial charge in [0, 0.05) is 32.9 Å². The number of carbonyl (C=O) groups excluding carboxylic acids is 2. The molecule has 120 valence electrons. The van der Waals surface area contributed by atoms with Gasteiger partial charge in [0.1, 0.15) is 18.4 Å². The fraction of sp³-hybridized carbons (Fsp3) is 0.500.